The highest BCUT2D eigenvalue weighted by atomic mass is 16.5. The van der Waals surface area contributed by atoms with Gasteiger partial charge >= 0.3 is 5.97 Å². The first-order valence-electron chi connectivity index (χ1n) is 8.32. The van der Waals surface area contributed by atoms with E-state index in [4.69, 9.17) is 10.5 Å². The van der Waals surface area contributed by atoms with Crippen LogP contribution < -0.4 is 5.73 Å². The minimum absolute atomic E-state index is 0.00945. The predicted octanol–water partition coefficient (Wildman–Crippen LogP) is 0.710. The summed E-state index contributed by atoms with van der Waals surface area (Å²) in [4.78, 5) is 32.8. The van der Waals surface area contributed by atoms with Crippen molar-refractivity contribution >= 4 is 28.7 Å². The number of hydrogen-bond donors (Lipinski definition) is 1. The van der Waals surface area contributed by atoms with Crippen LogP contribution in [0.4, 0.5) is 5.82 Å². The number of nitrogen functional groups attached to an aromatic ring is 1. The van der Waals surface area contributed by atoms with Crippen molar-refractivity contribution in [2.45, 2.75) is 26.8 Å². The molecule has 4 aromatic heterocycles. The lowest BCUT2D eigenvalue weighted by molar-refractivity contribution is 0.0482. The highest BCUT2D eigenvalue weighted by Crippen LogP contribution is 2.14. The van der Waals surface area contributed by atoms with Crippen molar-refractivity contribution in [2.24, 2.45) is 0 Å². The number of aryl methyl sites for hydroxylation is 3. The molecule has 0 aromatic carbocycles. The molecule has 27 heavy (non-hydrogen) atoms. The minimum Gasteiger partial charge on any atom is -0.460 e. The molecular weight excluding hydrogens is 350 g/mol. The molecule has 2 N–H and O–H groups in total. The van der Waals surface area contributed by atoms with E-state index in [-0.39, 0.29) is 12.4 Å². The second-order valence-electron chi connectivity index (χ2n) is 6.04. The van der Waals surface area contributed by atoms with E-state index in [9.17, 15) is 4.79 Å². The maximum Gasteiger partial charge on any atom is 0.378 e. The van der Waals surface area contributed by atoms with Crippen molar-refractivity contribution in [3.05, 3.63) is 35.9 Å². The number of fused-ring (bicyclic) bond motifs is 2. The van der Waals surface area contributed by atoms with E-state index in [2.05, 4.69) is 30.0 Å². The SMILES string of the molecule is Cc1cc(C)n2nc(C(=O)OCCCn3cnc4c(N)ncnc43)nc2n1. The Kier molecular flexibility index (Phi) is 4.11. The lowest BCUT2D eigenvalue weighted by atomic mass is 10.4. The Morgan fingerprint density at radius 3 is 2.93 bits per heavy atom. The van der Waals surface area contributed by atoms with Crippen molar-refractivity contribution in [2.75, 3.05) is 12.3 Å². The fourth-order valence-electron chi connectivity index (χ4n) is 2.78. The van der Waals surface area contributed by atoms with E-state index in [0.717, 1.165) is 11.4 Å². The first-order valence-corrected chi connectivity index (χ1v) is 8.32. The molecule has 0 bridgehead atoms. The maximum atomic E-state index is 12.2. The van der Waals surface area contributed by atoms with E-state index in [1.807, 2.05) is 24.5 Å². The van der Waals surface area contributed by atoms with Gasteiger partial charge in [0.15, 0.2) is 11.5 Å². The molecule has 11 nitrogen and oxygen atoms in total. The molecule has 0 amide bonds. The van der Waals surface area contributed by atoms with E-state index >= 15 is 0 Å². The normalized spacial score (nSPS) is 11.3. The summed E-state index contributed by atoms with van der Waals surface area (Å²) < 4.78 is 8.62. The number of carbonyl (C=O) groups is 1. The van der Waals surface area contributed by atoms with Gasteiger partial charge in [-0.15, -0.1) is 5.10 Å². The topological polar surface area (TPSA) is 139 Å². The van der Waals surface area contributed by atoms with Crippen LogP contribution in [0.2, 0.25) is 0 Å². The molecule has 0 saturated heterocycles. The third kappa shape index (κ3) is 3.14. The predicted molar refractivity (Wildman–Crippen MR) is 94.9 cm³/mol. The van der Waals surface area contributed by atoms with Gasteiger partial charge in [0, 0.05) is 17.9 Å². The van der Waals surface area contributed by atoms with Gasteiger partial charge in [-0.25, -0.2) is 29.2 Å². The number of nitrogens with zero attached hydrogens (tertiary/aromatic N) is 8. The number of anilines is 1. The second kappa shape index (κ2) is 6.59. The summed E-state index contributed by atoms with van der Waals surface area (Å²) in [6.45, 7) is 4.51. The zero-order chi connectivity index (χ0) is 19.0. The van der Waals surface area contributed by atoms with Crippen molar-refractivity contribution in [3.63, 3.8) is 0 Å². The van der Waals surface area contributed by atoms with E-state index in [0.29, 0.717) is 35.7 Å². The number of rotatable bonds is 5. The summed E-state index contributed by atoms with van der Waals surface area (Å²) in [7, 11) is 0. The molecule has 11 heteroatoms. The van der Waals surface area contributed by atoms with Crippen molar-refractivity contribution in [1.29, 1.82) is 0 Å². The van der Waals surface area contributed by atoms with Crippen LogP contribution in [0.25, 0.3) is 16.9 Å². The van der Waals surface area contributed by atoms with Gasteiger partial charge in [-0.1, -0.05) is 0 Å². The van der Waals surface area contributed by atoms with Gasteiger partial charge in [0.25, 0.3) is 11.6 Å². The average molecular weight is 367 g/mol. The fraction of sp³-hybridized carbons (Fsp3) is 0.312. The largest absolute Gasteiger partial charge is 0.460 e. The summed E-state index contributed by atoms with van der Waals surface area (Å²) >= 11 is 0. The first kappa shape index (κ1) is 16.8. The number of aromatic nitrogens is 8. The molecule has 0 radical (unpaired) electrons. The summed E-state index contributed by atoms with van der Waals surface area (Å²) in [6.07, 6.45) is 3.60. The van der Waals surface area contributed by atoms with Gasteiger partial charge in [0.2, 0.25) is 0 Å². The Bertz CT molecular complexity index is 1150. The van der Waals surface area contributed by atoms with E-state index in [1.165, 1.54) is 10.8 Å². The summed E-state index contributed by atoms with van der Waals surface area (Å²) in [6, 6.07) is 1.86. The Balaban J connectivity index is 1.38. The molecule has 0 aliphatic carbocycles. The van der Waals surface area contributed by atoms with Gasteiger partial charge in [-0.2, -0.15) is 4.98 Å². The number of ether oxygens (including phenoxy) is 1. The Morgan fingerprint density at radius 1 is 1.22 bits per heavy atom. The molecular formula is C16H17N9O2. The number of nitrogens with two attached hydrogens (primary N) is 1. The van der Waals surface area contributed by atoms with E-state index < -0.39 is 5.97 Å². The highest BCUT2D eigenvalue weighted by molar-refractivity contribution is 5.85. The molecule has 0 aliphatic heterocycles. The average Bonchev–Trinajstić information content (AvgIpc) is 3.24. The molecule has 4 rings (SSSR count). The third-order valence-corrected chi connectivity index (χ3v) is 4.01. The smallest absolute Gasteiger partial charge is 0.378 e. The number of imidazole rings is 1. The van der Waals surface area contributed by atoms with E-state index in [1.54, 1.807) is 6.33 Å². The number of carbonyl (C=O) groups excluding carboxylic acids is 1. The molecule has 138 valence electrons. The van der Waals surface area contributed by atoms with Crippen LogP contribution in [0.5, 0.6) is 0 Å². The second-order valence-corrected chi connectivity index (χ2v) is 6.04. The molecule has 0 fully saturated rings. The molecule has 0 spiro atoms. The van der Waals surface area contributed by atoms with Crippen LogP contribution in [0.1, 0.15) is 28.4 Å². The summed E-state index contributed by atoms with van der Waals surface area (Å²) in [5.41, 5.74) is 8.62. The standard InChI is InChI=1S/C16H17N9O2/c1-9-6-10(2)25-16(21-9)22-13(23-25)15(26)27-5-3-4-24-8-20-11-12(17)18-7-19-14(11)24/h6-8H,3-5H2,1-2H3,(H2,17,18,19). The van der Waals surface area contributed by atoms with Gasteiger partial charge < -0.3 is 15.0 Å². The molecule has 0 saturated carbocycles. The third-order valence-electron chi connectivity index (χ3n) is 4.01. The van der Waals surface area contributed by atoms with Crippen molar-refractivity contribution < 1.29 is 9.53 Å². The fourth-order valence-corrected chi connectivity index (χ4v) is 2.78. The van der Waals surface area contributed by atoms with Gasteiger partial charge in [-0.3, -0.25) is 0 Å². The monoisotopic (exact) mass is 367 g/mol. The Hall–Kier alpha value is -3.63. The van der Waals surface area contributed by atoms with Crippen LogP contribution in [0.3, 0.4) is 0 Å². The van der Waals surface area contributed by atoms with Gasteiger partial charge in [0.1, 0.15) is 11.8 Å². The first-order chi connectivity index (χ1) is 13.0. The van der Waals surface area contributed by atoms with Crippen LogP contribution in [-0.2, 0) is 11.3 Å². The molecule has 4 heterocycles. The Labute approximate surface area is 153 Å². The summed E-state index contributed by atoms with van der Waals surface area (Å²) in [5.74, 6) is 0.119. The summed E-state index contributed by atoms with van der Waals surface area (Å²) in [5, 5.41) is 4.16. The number of esters is 1. The number of hydrogen-bond acceptors (Lipinski definition) is 9. The quantitative estimate of drug-likeness (QED) is 0.399. The van der Waals surface area contributed by atoms with Crippen LogP contribution >= 0.6 is 0 Å². The van der Waals surface area contributed by atoms with Crippen LogP contribution in [-0.4, -0.2) is 51.7 Å². The van der Waals surface area contributed by atoms with Gasteiger partial charge in [-0.05, 0) is 26.3 Å². The van der Waals surface area contributed by atoms with Crippen LogP contribution in [0.15, 0.2) is 18.7 Å². The lowest BCUT2D eigenvalue weighted by Gasteiger charge is -2.04. The minimum atomic E-state index is -0.584. The van der Waals surface area contributed by atoms with Crippen molar-refractivity contribution in [3.8, 4) is 0 Å². The maximum absolute atomic E-state index is 12.2. The van der Waals surface area contributed by atoms with Crippen molar-refractivity contribution in [1.82, 2.24) is 39.1 Å². The lowest BCUT2D eigenvalue weighted by Crippen LogP contribution is -2.10. The highest BCUT2D eigenvalue weighted by Gasteiger charge is 2.16. The van der Waals surface area contributed by atoms with Crippen LogP contribution in [0, 0.1) is 13.8 Å². The zero-order valence-electron chi connectivity index (χ0n) is 14.8. The van der Waals surface area contributed by atoms with Gasteiger partial charge in [0.05, 0.1) is 12.9 Å². The molecule has 0 aliphatic rings. The Morgan fingerprint density at radius 2 is 2.07 bits per heavy atom. The zero-order valence-corrected chi connectivity index (χ0v) is 14.8. The molecule has 4 aromatic rings. The molecule has 0 unspecified atom stereocenters. The molecule has 0 atom stereocenters.